The highest BCUT2D eigenvalue weighted by molar-refractivity contribution is 9.11. The second kappa shape index (κ2) is 6.64. The molecule has 0 fully saturated rings. The van der Waals surface area contributed by atoms with E-state index in [0.717, 1.165) is 26.6 Å². The lowest BCUT2D eigenvalue weighted by molar-refractivity contribution is 0.603. The van der Waals surface area contributed by atoms with Crippen LogP contribution in [0.25, 0.3) is 0 Å². The summed E-state index contributed by atoms with van der Waals surface area (Å²) < 4.78 is 15.4. The molecule has 0 saturated heterocycles. The minimum atomic E-state index is -0.213. The average Bonchev–Trinajstić information content (AvgIpc) is 2.34. The van der Waals surface area contributed by atoms with Gasteiger partial charge in [0.2, 0.25) is 0 Å². The number of rotatable bonds is 4. The van der Waals surface area contributed by atoms with Crippen LogP contribution in [-0.2, 0) is 0 Å². The molecule has 0 heterocycles. The molecule has 2 aromatic carbocycles. The third-order valence-electron chi connectivity index (χ3n) is 2.81. The topological polar surface area (TPSA) is 12.0 Å². The summed E-state index contributed by atoms with van der Waals surface area (Å²) >= 11 is 6.98. The maximum atomic E-state index is 13.4. The Balaban J connectivity index is 2.44. The van der Waals surface area contributed by atoms with Crippen LogP contribution in [0.2, 0.25) is 0 Å². The summed E-state index contributed by atoms with van der Waals surface area (Å²) in [5.74, 6) is -0.213. The van der Waals surface area contributed by atoms with Crippen LogP contribution in [0.5, 0.6) is 0 Å². The van der Waals surface area contributed by atoms with Gasteiger partial charge in [-0.15, -0.1) is 0 Å². The molecular formula is C15H14Br2FN. The highest BCUT2D eigenvalue weighted by Crippen LogP contribution is 2.28. The highest BCUT2D eigenvalue weighted by Gasteiger charge is 2.14. The molecule has 1 N–H and O–H groups in total. The molecule has 0 amide bonds. The lowest BCUT2D eigenvalue weighted by Crippen LogP contribution is -2.22. The Morgan fingerprint density at radius 2 is 1.74 bits per heavy atom. The van der Waals surface area contributed by atoms with Crippen molar-refractivity contribution in [2.45, 2.75) is 13.0 Å². The molecule has 2 rings (SSSR count). The van der Waals surface area contributed by atoms with Crippen molar-refractivity contribution in [3.8, 4) is 0 Å². The first-order valence-electron chi connectivity index (χ1n) is 6.05. The molecular weight excluding hydrogens is 373 g/mol. The van der Waals surface area contributed by atoms with E-state index >= 15 is 0 Å². The molecule has 0 saturated carbocycles. The maximum absolute atomic E-state index is 13.4. The number of halogens is 3. The normalized spacial score (nSPS) is 12.4. The summed E-state index contributed by atoms with van der Waals surface area (Å²) in [5.41, 5.74) is 2.01. The van der Waals surface area contributed by atoms with Crippen molar-refractivity contribution in [2.24, 2.45) is 0 Å². The molecule has 1 nitrogen and oxygen atoms in total. The molecule has 1 unspecified atom stereocenters. The van der Waals surface area contributed by atoms with E-state index in [2.05, 4.69) is 37.2 Å². The zero-order valence-electron chi connectivity index (χ0n) is 10.5. The zero-order chi connectivity index (χ0) is 13.8. The standard InChI is InChI=1S/C15H14Br2FN/c1-2-19-15(10-4-3-5-14(18)8-10)11-6-12(16)9-13(17)7-11/h3-9,15,19H,2H2,1H3. The van der Waals surface area contributed by atoms with E-state index in [-0.39, 0.29) is 11.9 Å². The minimum absolute atomic E-state index is 0.0190. The number of nitrogens with one attached hydrogen (secondary N) is 1. The van der Waals surface area contributed by atoms with Gasteiger partial charge in [-0.3, -0.25) is 0 Å². The highest BCUT2D eigenvalue weighted by atomic mass is 79.9. The Labute approximate surface area is 129 Å². The quantitative estimate of drug-likeness (QED) is 0.775. The SMILES string of the molecule is CCNC(c1cccc(F)c1)c1cc(Br)cc(Br)c1. The van der Waals surface area contributed by atoms with Crippen LogP contribution in [0.1, 0.15) is 24.1 Å². The number of benzene rings is 2. The first-order chi connectivity index (χ1) is 9.10. The molecule has 0 aliphatic carbocycles. The molecule has 0 aliphatic rings. The van der Waals surface area contributed by atoms with E-state index in [9.17, 15) is 4.39 Å². The molecule has 1 atom stereocenters. The summed E-state index contributed by atoms with van der Waals surface area (Å²) in [4.78, 5) is 0. The number of hydrogen-bond acceptors (Lipinski definition) is 1. The molecule has 2 aromatic rings. The predicted octanol–water partition coefficient (Wildman–Crippen LogP) is 5.05. The van der Waals surface area contributed by atoms with Gasteiger partial charge in [-0.25, -0.2) is 4.39 Å². The molecule has 0 spiro atoms. The molecule has 19 heavy (non-hydrogen) atoms. The molecule has 0 bridgehead atoms. The summed E-state index contributed by atoms with van der Waals surface area (Å²) in [6.45, 7) is 2.85. The van der Waals surface area contributed by atoms with Crippen molar-refractivity contribution in [3.05, 3.63) is 68.4 Å². The Hall–Kier alpha value is -0.710. The second-order valence-electron chi connectivity index (χ2n) is 4.25. The fourth-order valence-electron chi connectivity index (χ4n) is 2.06. The van der Waals surface area contributed by atoms with Gasteiger partial charge in [0.1, 0.15) is 5.82 Å². The van der Waals surface area contributed by atoms with Gasteiger partial charge in [-0.2, -0.15) is 0 Å². The molecule has 0 radical (unpaired) electrons. The second-order valence-corrected chi connectivity index (χ2v) is 6.08. The summed E-state index contributed by atoms with van der Waals surface area (Å²) in [6, 6.07) is 12.8. The van der Waals surface area contributed by atoms with Gasteiger partial charge in [0.05, 0.1) is 6.04 Å². The average molecular weight is 387 g/mol. The lowest BCUT2D eigenvalue weighted by atomic mass is 9.98. The number of hydrogen-bond donors (Lipinski definition) is 1. The first-order valence-corrected chi connectivity index (χ1v) is 7.63. The third-order valence-corrected chi connectivity index (χ3v) is 3.72. The van der Waals surface area contributed by atoms with Crippen LogP contribution >= 0.6 is 31.9 Å². The fourth-order valence-corrected chi connectivity index (χ4v) is 3.39. The van der Waals surface area contributed by atoms with Gasteiger partial charge in [0, 0.05) is 8.95 Å². The van der Waals surface area contributed by atoms with E-state index in [1.165, 1.54) is 6.07 Å². The fraction of sp³-hybridized carbons (Fsp3) is 0.200. The molecule has 100 valence electrons. The smallest absolute Gasteiger partial charge is 0.123 e. The van der Waals surface area contributed by atoms with Crippen LogP contribution in [0.15, 0.2) is 51.4 Å². The van der Waals surface area contributed by atoms with Gasteiger partial charge in [-0.05, 0) is 48.0 Å². The minimum Gasteiger partial charge on any atom is -0.307 e. The van der Waals surface area contributed by atoms with Crippen LogP contribution in [-0.4, -0.2) is 6.54 Å². The van der Waals surface area contributed by atoms with Crippen molar-refractivity contribution in [2.75, 3.05) is 6.54 Å². The van der Waals surface area contributed by atoms with Gasteiger partial charge < -0.3 is 5.32 Å². The van der Waals surface area contributed by atoms with E-state index in [1.807, 2.05) is 31.2 Å². The van der Waals surface area contributed by atoms with Gasteiger partial charge >= 0.3 is 0 Å². The van der Waals surface area contributed by atoms with Crippen molar-refractivity contribution < 1.29 is 4.39 Å². The Bertz CT molecular complexity index is 552. The van der Waals surface area contributed by atoms with Crippen molar-refractivity contribution in [1.29, 1.82) is 0 Å². The Morgan fingerprint density at radius 3 is 2.32 bits per heavy atom. The monoisotopic (exact) mass is 385 g/mol. The third kappa shape index (κ3) is 3.88. The molecule has 0 aliphatic heterocycles. The maximum Gasteiger partial charge on any atom is 0.123 e. The van der Waals surface area contributed by atoms with E-state index in [1.54, 1.807) is 12.1 Å². The summed E-state index contributed by atoms with van der Waals surface area (Å²) in [6.07, 6.45) is 0. The van der Waals surface area contributed by atoms with Crippen molar-refractivity contribution in [1.82, 2.24) is 5.32 Å². The molecule has 0 aromatic heterocycles. The van der Waals surface area contributed by atoms with Crippen LogP contribution in [0.4, 0.5) is 4.39 Å². The summed E-state index contributed by atoms with van der Waals surface area (Å²) in [7, 11) is 0. The van der Waals surface area contributed by atoms with Gasteiger partial charge in [0.25, 0.3) is 0 Å². The van der Waals surface area contributed by atoms with Crippen LogP contribution < -0.4 is 5.32 Å². The summed E-state index contributed by atoms with van der Waals surface area (Å²) in [5, 5.41) is 3.39. The predicted molar refractivity (Wildman–Crippen MR) is 83.8 cm³/mol. The van der Waals surface area contributed by atoms with E-state index in [0.29, 0.717) is 0 Å². The zero-order valence-corrected chi connectivity index (χ0v) is 13.6. The van der Waals surface area contributed by atoms with Crippen LogP contribution in [0, 0.1) is 5.82 Å². The van der Waals surface area contributed by atoms with Gasteiger partial charge in [-0.1, -0.05) is 50.9 Å². The Morgan fingerprint density at radius 1 is 1.05 bits per heavy atom. The van der Waals surface area contributed by atoms with E-state index in [4.69, 9.17) is 0 Å². The van der Waals surface area contributed by atoms with Crippen LogP contribution in [0.3, 0.4) is 0 Å². The van der Waals surface area contributed by atoms with Gasteiger partial charge in [0.15, 0.2) is 0 Å². The lowest BCUT2D eigenvalue weighted by Gasteiger charge is -2.19. The van der Waals surface area contributed by atoms with Crippen molar-refractivity contribution >= 4 is 31.9 Å². The Kier molecular flexibility index (Phi) is 5.13. The van der Waals surface area contributed by atoms with Crippen molar-refractivity contribution in [3.63, 3.8) is 0 Å². The largest absolute Gasteiger partial charge is 0.307 e. The molecule has 4 heteroatoms. The first kappa shape index (κ1) is 14.7. The van der Waals surface area contributed by atoms with E-state index < -0.39 is 0 Å².